The number of pyridine rings is 2. The molecule has 1 aromatic carbocycles. The number of hydrogen-bond donors (Lipinski definition) is 1. The molecule has 1 fully saturated rings. The molecule has 2 atom stereocenters. The summed E-state index contributed by atoms with van der Waals surface area (Å²) >= 11 is 0. The minimum Gasteiger partial charge on any atom is -0.387 e. The van der Waals surface area contributed by atoms with E-state index in [-0.39, 0.29) is 6.04 Å². The van der Waals surface area contributed by atoms with Crippen LogP contribution in [0.3, 0.4) is 0 Å². The van der Waals surface area contributed by atoms with Gasteiger partial charge in [0, 0.05) is 37.4 Å². The number of rotatable bonds is 5. The molecule has 4 aromatic heterocycles. The van der Waals surface area contributed by atoms with Crippen molar-refractivity contribution in [1.82, 2.24) is 29.5 Å². The number of benzene rings is 1. The molecule has 1 saturated heterocycles. The highest BCUT2D eigenvalue weighted by Crippen LogP contribution is 2.41. The monoisotopic (exact) mass is 483 g/mol. The molecule has 5 heterocycles. The number of ether oxygens (including phenoxy) is 1. The second kappa shape index (κ2) is 9.11. The standard InChI is InChI=1S/C28H30N6O2/c1-17-26(33(3)32-31-17)21-15-24-25(29-16-21)22-9-10-23(18(2)35)30-28(22)34(24)27(19-7-5-4-6-8-19)20-11-13-36-14-12-20/h4-10,15-16,18,20,27,35H,11-14H2,1-3H3/t18?,27-/m1/s1/i18D. The van der Waals surface area contributed by atoms with Crippen molar-refractivity contribution in [3.63, 3.8) is 0 Å². The maximum absolute atomic E-state index is 10.5. The second-order valence-electron chi connectivity index (χ2n) is 9.57. The normalized spacial score (nSPS) is 17.8. The van der Waals surface area contributed by atoms with Crippen molar-refractivity contribution in [2.45, 2.75) is 38.8 Å². The van der Waals surface area contributed by atoms with Crippen LogP contribution in [0.5, 0.6) is 0 Å². The van der Waals surface area contributed by atoms with E-state index in [1.54, 1.807) is 10.7 Å². The van der Waals surface area contributed by atoms with E-state index in [0.717, 1.165) is 46.2 Å². The molecule has 8 heteroatoms. The molecule has 36 heavy (non-hydrogen) atoms. The Hall–Kier alpha value is -3.62. The molecule has 0 radical (unpaired) electrons. The molecule has 1 unspecified atom stereocenters. The summed E-state index contributed by atoms with van der Waals surface area (Å²) in [7, 11) is 1.88. The minimum absolute atomic E-state index is 0.0219. The molecule has 0 saturated carbocycles. The summed E-state index contributed by atoms with van der Waals surface area (Å²) in [5.41, 5.74) is 6.65. The van der Waals surface area contributed by atoms with E-state index in [0.29, 0.717) is 30.5 Å². The lowest BCUT2D eigenvalue weighted by Gasteiger charge is -2.32. The third kappa shape index (κ3) is 3.77. The van der Waals surface area contributed by atoms with Gasteiger partial charge in [0.15, 0.2) is 0 Å². The molecule has 184 valence electrons. The smallest absolute Gasteiger partial charge is 0.143 e. The third-order valence-corrected chi connectivity index (χ3v) is 7.26. The number of hydrogen-bond acceptors (Lipinski definition) is 6. The van der Waals surface area contributed by atoms with Gasteiger partial charge in [-0.3, -0.25) is 4.98 Å². The van der Waals surface area contributed by atoms with Crippen LogP contribution < -0.4 is 0 Å². The van der Waals surface area contributed by atoms with Gasteiger partial charge in [0.2, 0.25) is 0 Å². The fourth-order valence-electron chi connectivity index (χ4n) is 5.56. The van der Waals surface area contributed by atoms with Gasteiger partial charge in [0.25, 0.3) is 0 Å². The first-order chi connectivity index (χ1) is 17.8. The highest BCUT2D eigenvalue weighted by atomic mass is 16.5. The van der Waals surface area contributed by atoms with Gasteiger partial charge in [-0.1, -0.05) is 35.5 Å². The Balaban J connectivity index is 1.69. The molecular weight excluding hydrogens is 452 g/mol. The summed E-state index contributed by atoms with van der Waals surface area (Å²) in [5, 5.41) is 19.8. The average molecular weight is 484 g/mol. The van der Waals surface area contributed by atoms with Crippen LogP contribution in [0.2, 0.25) is 0 Å². The highest BCUT2D eigenvalue weighted by molar-refractivity contribution is 6.05. The van der Waals surface area contributed by atoms with E-state index in [1.807, 2.05) is 32.3 Å². The SMILES string of the molecule is [2H]C(C)(O)c1ccc2c3ncc(-c4c(C)nnn4C)cc3n([C@H](c3ccccc3)C3CCOCC3)c2n1. The van der Waals surface area contributed by atoms with Crippen LogP contribution in [0, 0.1) is 12.8 Å². The molecule has 0 bridgehead atoms. The zero-order chi connectivity index (χ0) is 25.7. The van der Waals surface area contributed by atoms with Gasteiger partial charge in [-0.05, 0) is 56.4 Å². The van der Waals surface area contributed by atoms with Gasteiger partial charge in [-0.25, -0.2) is 9.67 Å². The average Bonchev–Trinajstić information content (AvgIpc) is 3.40. The minimum atomic E-state index is -1.81. The predicted octanol–water partition coefficient (Wildman–Crippen LogP) is 4.76. The summed E-state index contributed by atoms with van der Waals surface area (Å²) in [4.78, 5) is 9.79. The predicted molar refractivity (Wildman–Crippen MR) is 139 cm³/mol. The van der Waals surface area contributed by atoms with E-state index < -0.39 is 6.08 Å². The Morgan fingerprint density at radius 3 is 2.61 bits per heavy atom. The molecule has 0 aliphatic carbocycles. The van der Waals surface area contributed by atoms with Crippen LogP contribution in [0.25, 0.3) is 33.3 Å². The summed E-state index contributed by atoms with van der Waals surface area (Å²) in [6.45, 7) is 4.82. The van der Waals surface area contributed by atoms with Crippen LogP contribution in [0.1, 0.15) is 50.2 Å². The zero-order valence-electron chi connectivity index (χ0n) is 21.7. The summed E-state index contributed by atoms with van der Waals surface area (Å²) in [5.74, 6) is 0.320. The summed E-state index contributed by atoms with van der Waals surface area (Å²) < 4.78 is 18.0. The lowest BCUT2D eigenvalue weighted by atomic mass is 9.86. The molecule has 8 nitrogen and oxygen atoms in total. The van der Waals surface area contributed by atoms with Crippen LogP contribution in [-0.4, -0.2) is 47.8 Å². The molecule has 0 spiro atoms. The summed E-state index contributed by atoms with van der Waals surface area (Å²) in [6, 6.07) is 16.3. The maximum atomic E-state index is 10.5. The Labute approximate surface area is 211 Å². The number of aromatic nitrogens is 6. The molecule has 1 aliphatic heterocycles. The zero-order valence-corrected chi connectivity index (χ0v) is 20.7. The molecule has 5 aromatic rings. The molecular formula is C28H30N6O2. The van der Waals surface area contributed by atoms with E-state index >= 15 is 0 Å². The van der Waals surface area contributed by atoms with Gasteiger partial charge in [0.05, 0.1) is 41.6 Å². The van der Waals surface area contributed by atoms with E-state index in [1.165, 1.54) is 12.5 Å². The Morgan fingerprint density at radius 2 is 1.92 bits per heavy atom. The number of aryl methyl sites for hydroxylation is 2. The van der Waals surface area contributed by atoms with Crippen LogP contribution in [-0.2, 0) is 11.8 Å². The number of aliphatic hydroxyl groups is 1. The van der Waals surface area contributed by atoms with Gasteiger partial charge in [-0.2, -0.15) is 0 Å². The largest absolute Gasteiger partial charge is 0.387 e. The first-order valence-electron chi connectivity index (χ1n) is 12.9. The first kappa shape index (κ1) is 21.6. The molecule has 6 rings (SSSR count). The Bertz CT molecular complexity index is 1560. The van der Waals surface area contributed by atoms with Crippen LogP contribution in [0.15, 0.2) is 54.7 Å². The lowest BCUT2D eigenvalue weighted by molar-refractivity contribution is 0.0552. The topological polar surface area (TPSA) is 90.9 Å². The van der Waals surface area contributed by atoms with Crippen molar-refractivity contribution < 1.29 is 11.2 Å². The van der Waals surface area contributed by atoms with Crippen LogP contribution in [0.4, 0.5) is 0 Å². The Kier molecular flexibility index (Phi) is 5.48. The van der Waals surface area contributed by atoms with Crippen molar-refractivity contribution in [3.8, 4) is 11.3 Å². The van der Waals surface area contributed by atoms with Crippen molar-refractivity contribution >= 4 is 22.1 Å². The molecule has 1 N–H and O–H groups in total. The van der Waals surface area contributed by atoms with E-state index in [4.69, 9.17) is 16.1 Å². The fourth-order valence-corrected chi connectivity index (χ4v) is 5.56. The van der Waals surface area contributed by atoms with Crippen molar-refractivity contribution in [1.29, 1.82) is 0 Å². The maximum Gasteiger partial charge on any atom is 0.143 e. The number of fused-ring (bicyclic) bond motifs is 3. The van der Waals surface area contributed by atoms with Gasteiger partial charge >= 0.3 is 0 Å². The summed E-state index contributed by atoms with van der Waals surface area (Å²) in [6.07, 6.45) is 1.90. The number of nitrogens with zero attached hydrogens (tertiary/aromatic N) is 6. The second-order valence-corrected chi connectivity index (χ2v) is 9.57. The van der Waals surface area contributed by atoms with Gasteiger partial charge < -0.3 is 14.4 Å². The lowest BCUT2D eigenvalue weighted by Crippen LogP contribution is -2.27. The van der Waals surface area contributed by atoms with E-state index in [9.17, 15) is 5.11 Å². The van der Waals surface area contributed by atoms with E-state index in [2.05, 4.69) is 45.2 Å². The first-order valence-corrected chi connectivity index (χ1v) is 12.4. The molecule has 1 aliphatic rings. The van der Waals surface area contributed by atoms with Gasteiger partial charge in [0.1, 0.15) is 5.65 Å². The van der Waals surface area contributed by atoms with Crippen LogP contribution >= 0.6 is 0 Å². The van der Waals surface area contributed by atoms with Crippen molar-refractivity contribution in [2.75, 3.05) is 13.2 Å². The fraction of sp³-hybridized carbons (Fsp3) is 0.357. The highest BCUT2D eigenvalue weighted by Gasteiger charge is 2.31. The van der Waals surface area contributed by atoms with Crippen molar-refractivity contribution in [3.05, 3.63) is 71.7 Å². The van der Waals surface area contributed by atoms with Gasteiger partial charge in [-0.15, -0.1) is 5.10 Å². The van der Waals surface area contributed by atoms with Crippen molar-refractivity contribution in [2.24, 2.45) is 13.0 Å². The third-order valence-electron chi connectivity index (χ3n) is 7.26. The quantitative estimate of drug-likeness (QED) is 0.388. The molecule has 0 amide bonds. The Morgan fingerprint density at radius 1 is 1.14 bits per heavy atom.